The van der Waals surface area contributed by atoms with Gasteiger partial charge >= 0.3 is 0 Å². The van der Waals surface area contributed by atoms with Gasteiger partial charge in [0.2, 0.25) is 0 Å². The molecule has 4 rings (SSSR count). The van der Waals surface area contributed by atoms with Crippen LogP contribution in [0.5, 0.6) is 5.75 Å². The van der Waals surface area contributed by atoms with E-state index in [1.54, 1.807) is 24.5 Å². The standard InChI is InChI=1S/C18H19N3O3S2/c1-12-10-19-8-6-14(12)24-13-7-9-21(11-13)18-20-17-15(25-18)4-3-5-16(17)26(2,22)23/h3-6,8,10,13H,7,9,11H2,1-2H3. The fraction of sp³-hybridized carbons (Fsp3) is 0.333. The van der Waals surface area contributed by atoms with Crippen LogP contribution in [0.25, 0.3) is 10.2 Å². The molecular formula is C18H19N3O3S2. The van der Waals surface area contributed by atoms with Crippen molar-refractivity contribution in [3.8, 4) is 5.75 Å². The molecule has 8 heteroatoms. The lowest BCUT2D eigenvalue weighted by Crippen LogP contribution is -2.24. The number of hydrogen-bond donors (Lipinski definition) is 0. The van der Waals surface area contributed by atoms with Gasteiger partial charge in [0.15, 0.2) is 15.0 Å². The first-order valence-corrected chi connectivity index (χ1v) is 11.0. The molecule has 1 aliphatic heterocycles. The molecule has 1 saturated heterocycles. The van der Waals surface area contributed by atoms with Crippen LogP contribution in [-0.2, 0) is 9.84 Å². The topological polar surface area (TPSA) is 72.4 Å². The van der Waals surface area contributed by atoms with Gasteiger partial charge in [-0.3, -0.25) is 4.98 Å². The van der Waals surface area contributed by atoms with Gasteiger partial charge in [-0.05, 0) is 25.1 Å². The number of anilines is 1. The molecule has 26 heavy (non-hydrogen) atoms. The summed E-state index contributed by atoms with van der Waals surface area (Å²) in [6.07, 6.45) is 5.73. The summed E-state index contributed by atoms with van der Waals surface area (Å²) in [5, 5.41) is 0.841. The number of pyridine rings is 1. The number of nitrogens with zero attached hydrogens (tertiary/aromatic N) is 3. The smallest absolute Gasteiger partial charge is 0.186 e. The SMILES string of the molecule is Cc1cnccc1OC1CCN(c2nc3c(S(C)(=O)=O)cccc3s2)C1. The first kappa shape index (κ1) is 17.2. The van der Waals surface area contributed by atoms with Crippen molar-refractivity contribution < 1.29 is 13.2 Å². The van der Waals surface area contributed by atoms with Crippen molar-refractivity contribution in [2.45, 2.75) is 24.3 Å². The summed E-state index contributed by atoms with van der Waals surface area (Å²) in [6.45, 7) is 3.55. The van der Waals surface area contributed by atoms with Crippen LogP contribution in [0.3, 0.4) is 0 Å². The molecule has 0 saturated carbocycles. The van der Waals surface area contributed by atoms with E-state index in [-0.39, 0.29) is 11.0 Å². The highest BCUT2D eigenvalue weighted by molar-refractivity contribution is 7.91. The summed E-state index contributed by atoms with van der Waals surface area (Å²) >= 11 is 1.52. The normalized spacial score (nSPS) is 17.8. The third kappa shape index (κ3) is 3.26. The summed E-state index contributed by atoms with van der Waals surface area (Å²) < 4.78 is 31.0. The lowest BCUT2D eigenvalue weighted by atomic mass is 10.2. The van der Waals surface area contributed by atoms with Gasteiger partial charge in [0.05, 0.1) is 16.1 Å². The highest BCUT2D eigenvalue weighted by Gasteiger charge is 2.27. The van der Waals surface area contributed by atoms with Gasteiger partial charge in [0.1, 0.15) is 17.4 Å². The van der Waals surface area contributed by atoms with Gasteiger partial charge in [0.25, 0.3) is 0 Å². The number of hydrogen-bond acceptors (Lipinski definition) is 7. The molecule has 0 radical (unpaired) electrons. The average molecular weight is 390 g/mol. The van der Waals surface area contributed by atoms with Crippen molar-refractivity contribution in [1.82, 2.24) is 9.97 Å². The van der Waals surface area contributed by atoms with E-state index in [0.29, 0.717) is 5.52 Å². The van der Waals surface area contributed by atoms with Crippen LogP contribution < -0.4 is 9.64 Å². The largest absolute Gasteiger partial charge is 0.488 e. The van der Waals surface area contributed by atoms with Gasteiger partial charge in [-0.25, -0.2) is 13.4 Å². The monoisotopic (exact) mass is 389 g/mol. The molecule has 0 N–H and O–H groups in total. The second kappa shape index (κ2) is 6.51. The van der Waals surface area contributed by atoms with E-state index in [2.05, 4.69) is 14.9 Å². The third-order valence-electron chi connectivity index (χ3n) is 4.45. The van der Waals surface area contributed by atoms with Crippen LogP contribution in [0.1, 0.15) is 12.0 Å². The maximum absolute atomic E-state index is 12.0. The second-order valence-corrected chi connectivity index (χ2v) is 9.48. The molecule has 0 spiro atoms. The number of benzene rings is 1. The minimum atomic E-state index is -3.30. The maximum Gasteiger partial charge on any atom is 0.186 e. The van der Waals surface area contributed by atoms with Crippen molar-refractivity contribution in [2.75, 3.05) is 24.2 Å². The van der Waals surface area contributed by atoms with Crippen molar-refractivity contribution >= 4 is 36.5 Å². The molecule has 0 aliphatic carbocycles. The van der Waals surface area contributed by atoms with E-state index in [9.17, 15) is 8.42 Å². The number of rotatable bonds is 4. The summed E-state index contributed by atoms with van der Waals surface area (Å²) in [5.41, 5.74) is 1.58. The molecule has 1 aromatic carbocycles. The predicted octanol–water partition coefficient (Wildman–Crippen LogP) is 3.06. The van der Waals surface area contributed by atoms with E-state index in [1.165, 1.54) is 17.6 Å². The van der Waals surface area contributed by atoms with Gasteiger partial charge < -0.3 is 9.64 Å². The number of fused-ring (bicyclic) bond motifs is 1. The van der Waals surface area contributed by atoms with Crippen LogP contribution in [0.15, 0.2) is 41.6 Å². The van der Waals surface area contributed by atoms with Crippen molar-refractivity contribution in [2.24, 2.45) is 0 Å². The number of para-hydroxylation sites is 1. The molecule has 1 aliphatic rings. The summed E-state index contributed by atoms with van der Waals surface area (Å²) in [5.74, 6) is 0.857. The van der Waals surface area contributed by atoms with E-state index in [0.717, 1.165) is 40.7 Å². The lowest BCUT2D eigenvalue weighted by Gasteiger charge is -2.17. The first-order chi connectivity index (χ1) is 12.4. The van der Waals surface area contributed by atoms with Gasteiger partial charge in [0, 0.05) is 37.2 Å². The highest BCUT2D eigenvalue weighted by atomic mass is 32.2. The van der Waals surface area contributed by atoms with Gasteiger partial charge in [-0.1, -0.05) is 17.4 Å². The van der Waals surface area contributed by atoms with Crippen molar-refractivity contribution in [3.63, 3.8) is 0 Å². The zero-order valence-electron chi connectivity index (χ0n) is 14.5. The molecule has 1 fully saturated rings. The van der Waals surface area contributed by atoms with Gasteiger partial charge in [-0.2, -0.15) is 0 Å². The number of thiazole rings is 1. The molecule has 1 atom stereocenters. The lowest BCUT2D eigenvalue weighted by molar-refractivity contribution is 0.223. The molecule has 0 amide bonds. The average Bonchev–Trinajstić information content (AvgIpc) is 3.22. The molecular weight excluding hydrogens is 370 g/mol. The van der Waals surface area contributed by atoms with Crippen molar-refractivity contribution in [3.05, 3.63) is 42.2 Å². The summed E-state index contributed by atoms with van der Waals surface area (Å²) in [4.78, 5) is 11.2. The van der Waals surface area contributed by atoms with Crippen molar-refractivity contribution in [1.29, 1.82) is 0 Å². The Balaban J connectivity index is 1.57. The second-order valence-electron chi connectivity index (χ2n) is 6.49. The highest BCUT2D eigenvalue weighted by Crippen LogP contribution is 2.34. The first-order valence-electron chi connectivity index (χ1n) is 8.33. The Labute approximate surface area is 156 Å². The zero-order chi connectivity index (χ0) is 18.3. The Hall–Kier alpha value is -2.19. The Morgan fingerprint density at radius 1 is 1.31 bits per heavy atom. The van der Waals surface area contributed by atoms with E-state index < -0.39 is 9.84 Å². The van der Waals surface area contributed by atoms with E-state index in [4.69, 9.17) is 4.74 Å². The van der Waals surface area contributed by atoms with Crippen LogP contribution in [0.4, 0.5) is 5.13 Å². The predicted molar refractivity (Wildman–Crippen MR) is 103 cm³/mol. The van der Waals surface area contributed by atoms with Crippen LogP contribution in [0.2, 0.25) is 0 Å². The van der Waals surface area contributed by atoms with Crippen LogP contribution in [0, 0.1) is 6.92 Å². The molecule has 0 bridgehead atoms. The van der Waals surface area contributed by atoms with Crippen LogP contribution >= 0.6 is 11.3 Å². The maximum atomic E-state index is 12.0. The number of aryl methyl sites for hydroxylation is 1. The molecule has 2 aromatic heterocycles. The third-order valence-corrected chi connectivity index (χ3v) is 6.66. The minimum Gasteiger partial charge on any atom is -0.488 e. The van der Waals surface area contributed by atoms with Crippen LogP contribution in [-0.4, -0.2) is 43.8 Å². The Bertz CT molecular complexity index is 1060. The van der Waals surface area contributed by atoms with E-state index >= 15 is 0 Å². The fourth-order valence-corrected chi connectivity index (χ4v) is 5.04. The minimum absolute atomic E-state index is 0.0810. The number of ether oxygens (including phenoxy) is 1. The Morgan fingerprint density at radius 2 is 2.15 bits per heavy atom. The molecule has 1 unspecified atom stereocenters. The Morgan fingerprint density at radius 3 is 2.92 bits per heavy atom. The number of sulfone groups is 1. The molecule has 6 nitrogen and oxygen atoms in total. The molecule has 3 aromatic rings. The van der Waals surface area contributed by atoms with E-state index in [1.807, 2.05) is 19.1 Å². The summed E-state index contributed by atoms with van der Waals surface area (Å²) in [6, 6.07) is 7.18. The Kier molecular flexibility index (Phi) is 4.32. The van der Waals surface area contributed by atoms with Gasteiger partial charge in [-0.15, -0.1) is 0 Å². The summed E-state index contributed by atoms with van der Waals surface area (Å²) in [7, 11) is -3.30. The fourth-order valence-electron chi connectivity index (χ4n) is 3.12. The quantitative estimate of drug-likeness (QED) is 0.683. The zero-order valence-corrected chi connectivity index (χ0v) is 16.2. The number of aromatic nitrogens is 2. The molecule has 3 heterocycles. The molecule has 136 valence electrons.